The first-order chi connectivity index (χ1) is 43.9. The number of nitrogens with zero attached hydrogens (tertiary/aromatic N) is 1. The second kappa shape index (κ2) is 69.3. The lowest BCUT2D eigenvalue weighted by Gasteiger charge is -2.30. The van der Waals surface area contributed by atoms with Crippen molar-refractivity contribution in [3.8, 4) is 0 Å². The van der Waals surface area contributed by atoms with E-state index in [2.05, 4.69) is 86.8 Å². The van der Waals surface area contributed by atoms with Gasteiger partial charge in [0.25, 0.3) is 7.82 Å². The van der Waals surface area contributed by atoms with E-state index in [-0.39, 0.29) is 31.5 Å². The van der Waals surface area contributed by atoms with Gasteiger partial charge in [-0.25, -0.2) is 0 Å². The molecule has 0 heterocycles. The van der Waals surface area contributed by atoms with Gasteiger partial charge < -0.3 is 28.5 Å². The topological polar surface area (TPSA) is 114 Å². The molecular weight excluding hydrogens is 1130 g/mol. The fraction of sp³-hybridized carbons (Fsp3) is 0.825. The van der Waals surface area contributed by atoms with Crippen molar-refractivity contribution < 1.29 is 37.3 Å². The summed E-state index contributed by atoms with van der Waals surface area (Å²) >= 11 is 0. The maximum Gasteiger partial charge on any atom is 0.306 e. The molecule has 3 unspecified atom stereocenters. The van der Waals surface area contributed by atoms with Crippen LogP contribution in [0.4, 0.5) is 0 Å². The zero-order chi connectivity index (χ0) is 65.6. The van der Waals surface area contributed by atoms with Gasteiger partial charge in [-0.15, -0.1) is 0 Å². The van der Waals surface area contributed by atoms with Crippen LogP contribution in [0, 0.1) is 0 Å². The summed E-state index contributed by atoms with van der Waals surface area (Å²) in [4.78, 5) is 40.3. The molecule has 0 spiro atoms. The molecule has 1 N–H and O–H groups in total. The van der Waals surface area contributed by atoms with Gasteiger partial charge in [0.1, 0.15) is 19.3 Å². The average Bonchev–Trinajstić information content (AvgIpc) is 3.04. The summed E-state index contributed by atoms with van der Waals surface area (Å²) in [5, 5.41) is 3.05. The molecule has 10 heteroatoms. The quantitative estimate of drug-likeness (QED) is 0.0212. The number of likely N-dealkylation sites (N-methyl/N-ethyl adjacent to an activating group) is 1. The predicted molar refractivity (Wildman–Crippen MR) is 390 cm³/mol. The van der Waals surface area contributed by atoms with Crippen LogP contribution in [0.25, 0.3) is 0 Å². The van der Waals surface area contributed by atoms with E-state index in [1.165, 1.54) is 257 Å². The van der Waals surface area contributed by atoms with E-state index < -0.39 is 20.0 Å². The molecule has 1 amide bonds. The van der Waals surface area contributed by atoms with E-state index in [1.807, 2.05) is 33.3 Å². The van der Waals surface area contributed by atoms with E-state index in [1.54, 1.807) is 0 Å². The molecule has 526 valence electrons. The SMILES string of the molecule is CCCCC/C=C\C/C=C\C/C=C\C/C=C\CCCCCCCCCCCCCC(=O)NC(COP(=O)([O-])OCC[N+](C)(C)C)C(/C=C/CCCCCCCCCCCC)OC(=O)CCCCCCCCCCCCCCCCC/C=C/CCCCCCCC. The molecule has 0 bridgehead atoms. The largest absolute Gasteiger partial charge is 0.756 e. The average molecular weight is 1280 g/mol. The molecule has 0 aromatic rings. The highest BCUT2D eigenvalue weighted by Crippen LogP contribution is 2.38. The number of ether oxygens (including phenoxy) is 1. The minimum atomic E-state index is -4.71. The van der Waals surface area contributed by atoms with E-state index in [4.69, 9.17) is 13.8 Å². The van der Waals surface area contributed by atoms with Crippen LogP contribution in [0.15, 0.2) is 72.9 Å². The van der Waals surface area contributed by atoms with Crippen LogP contribution in [0.3, 0.4) is 0 Å². The highest BCUT2D eigenvalue weighted by molar-refractivity contribution is 7.45. The monoisotopic (exact) mass is 1280 g/mol. The fourth-order valence-electron chi connectivity index (χ4n) is 11.4. The predicted octanol–water partition coefficient (Wildman–Crippen LogP) is 24.4. The maximum atomic E-state index is 13.6. The molecule has 0 saturated carbocycles. The van der Waals surface area contributed by atoms with Crippen LogP contribution in [-0.4, -0.2) is 69.4 Å². The van der Waals surface area contributed by atoms with Crippen molar-refractivity contribution in [3.05, 3.63) is 72.9 Å². The Labute approximate surface area is 559 Å². The molecule has 0 saturated heterocycles. The van der Waals surface area contributed by atoms with Gasteiger partial charge >= 0.3 is 5.97 Å². The number of carbonyl (C=O) groups is 2. The Bertz CT molecular complexity index is 1770. The van der Waals surface area contributed by atoms with Crippen molar-refractivity contribution in [2.24, 2.45) is 0 Å². The van der Waals surface area contributed by atoms with Gasteiger partial charge in [-0.2, -0.15) is 0 Å². The number of phosphoric ester groups is 1. The first-order valence-corrected chi connectivity index (χ1v) is 40.2. The number of rotatable bonds is 71. The molecule has 3 atom stereocenters. The normalized spacial score (nSPS) is 13.8. The molecule has 0 aromatic carbocycles. The van der Waals surface area contributed by atoms with Crippen LogP contribution in [0.5, 0.6) is 0 Å². The first kappa shape index (κ1) is 87.5. The minimum absolute atomic E-state index is 0.0232. The van der Waals surface area contributed by atoms with Gasteiger partial charge in [0.05, 0.1) is 33.8 Å². The van der Waals surface area contributed by atoms with Crippen molar-refractivity contribution >= 4 is 19.7 Å². The highest BCUT2D eigenvalue weighted by Gasteiger charge is 2.27. The standard InChI is InChI=1S/C80H149N2O7P/c1-7-10-13-16-19-22-25-28-30-32-34-36-38-40-41-43-44-46-48-50-52-54-57-60-63-66-69-72-79(83)81-77(76-88-90(85,86)87-75-74-82(4,5)6)78(71-68-65-62-59-56-27-24-21-18-15-12-9-3)89-80(84)73-70-67-64-61-58-55-53-51-49-47-45-42-39-37-35-33-31-29-26-23-20-17-14-11-8-2/h19,22,28-31,34,36,40-41,68,71,77-78H,7-18,20-21,23-27,32-33,35,37-39,42-67,69-70,72-76H2,1-6H3,(H-,81,83,85,86)/b22-19-,30-28-,31-29+,36-34-,41-40-,71-68+. The van der Waals surface area contributed by atoms with Gasteiger partial charge in [-0.05, 0) is 102 Å². The smallest absolute Gasteiger partial charge is 0.306 e. The molecule has 0 aliphatic heterocycles. The third kappa shape index (κ3) is 69.8. The number of phosphoric acid groups is 1. The summed E-state index contributed by atoms with van der Waals surface area (Å²) in [6.45, 7) is 6.86. The lowest BCUT2D eigenvalue weighted by atomic mass is 10.0. The maximum absolute atomic E-state index is 13.6. The number of quaternary nitrogens is 1. The number of hydrogen-bond donors (Lipinski definition) is 1. The first-order valence-electron chi connectivity index (χ1n) is 38.7. The molecule has 90 heavy (non-hydrogen) atoms. The minimum Gasteiger partial charge on any atom is -0.756 e. The molecule has 0 rings (SSSR count). The molecule has 0 aliphatic rings. The number of esters is 1. The number of nitrogens with one attached hydrogen (secondary N) is 1. The van der Waals surface area contributed by atoms with Crippen LogP contribution in [-0.2, 0) is 27.9 Å². The van der Waals surface area contributed by atoms with Crippen LogP contribution in [0.2, 0.25) is 0 Å². The van der Waals surface area contributed by atoms with E-state index in [0.29, 0.717) is 17.4 Å². The zero-order valence-electron chi connectivity index (χ0n) is 60.3. The van der Waals surface area contributed by atoms with E-state index >= 15 is 0 Å². The Morgan fingerprint density at radius 3 is 1.04 bits per heavy atom. The van der Waals surface area contributed by atoms with Crippen molar-refractivity contribution in [2.75, 3.05) is 40.9 Å². The van der Waals surface area contributed by atoms with Crippen molar-refractivity contribution in [1.82, 2.24) is 5.32 Å². The second-order valence-electron chi connectivity index (χ2n) is 27.5. The van der Waals surface area contributed by atoms with Crippen LogP contribution in [0.1, 0.15) is 374 Å². The molecule has 0 aliphatic carbocycles. The second-order valence-corrected chi connectivity index (χ2v) is 28.9. The number of allylic oxidation sites excluding steroid dienone is 11. The third-order valence-corrected chi connectivity index (χ3v) is 18.3. The van der Waals surface area contributed by atoms with Crippen molar-refractivity contribution in [1.29, 1.82) is 0 Å². The summed E-state index contributed by atoms with van der Waals surface area (Å²) in [7, 11) is 1.19. The summed E-state index contributed by atoms with van der Waals surface area (Å²) in [6.07, 6.45) is 91.8. The number of unbranched alkanes of at least 4 members (excludes halogenated alkanes) is 45. The summed E-state index contributed by atoms with van der Waals surface area (Å²) in [5.74, 6) is -0.530. The zero-order valence-corrected chi connectivity index (χ0v) is 61.2. The number of carbonyl (C=O) groups excluding carboxylic acids is 2. The lowest BCUT2D eigenvalue weighted by Crippen LogP contribution is -2.47. The molecule has 0 aromatic heterocycles. The van der Waals surface area contributed by atoms with E-state index in [0.717, 1.165) is 83.5 Å². The summed E-state index contributed by atoms with van der Waals surface area (Å²) in [6, 6.07) is -0.893. The lowest BCUT2D eigenvalue weighted by molar-refractivity contribution is -0.870. The molecule has 0 fully saturated rings. The van der Waals surface area contributed by atoms with E-state index in [9.17, 15) is 19.0 Å². The third-order valence-electron chi connectivity index (χ3n) is 17.4. The van der Waals surface area contributed by atoms with Gasteiger partial charge in [-0.1, -0.05) is 332 Å². The van der Waals surface area contributed by atoms with Crippen molar-refractivity contribution in [3.63, 3.8) is 0 Å². The van der Waals surface area contributed by atoms with Gasteiger partial charge in [0.2, 0.25) is 5.91 Å². The Kier molecular flexibility index (Phi) is 67.3. The highest BCUT2D eigenvalue weighted by atomic mass is 31.2. The summed E-state index contributed by atoms with van der Waals surface area (Å²) < 4.78 is 30.5. The Balaban J connectivity index is 4.96. The number of hydrogen-bond acceptors (Lipinski definition) is 7. The van der Waals surface area contributed by atoms with Crippen LogP contribution >= 0.6 is 7.82 Å². The van der Waals surface area contributed by atoms with Crippen LogP contribution < -0.4 is 10.2 Å². The molecular formula is C80H149N2O7P. The molecule has 0 radical (unpaired) electrons. The fourth-order valence-corrected chi connectivity index (χ4v) is 12.1. The molecule has 9 nitrogen and oxygen atoms in total. The van der Waals surface area contributed by atoms with Gasteiger partial charge in [-0.3, -0.25) is 14.2 Å². The Hall–Kier alpha value is -2.55. The Morgan fingerprint density at radius 1 is 0.389 bits per heavy atom. The number of amides is 1. The Morgan fingerprint density at radius 2 is 0.678 bits per heavy atom. The summed E-state index contributed by atoms with van der Waals surface area (Å²) in [5.41, 5.74) is 0. The van der Waals surface area contributed by atoms with Gasteiger partial charge in [0, 0.05) is 12.8 Å². The van der Waals surface area contributed by atoms with Crippen molar-refractivity contribution in [2.45, 2.75) is 386 Å². The van der Waals surface area contributed by atoms with Gasteiger partial charge in [0.15, 0.2) is 0 Å².